The quantitative estimate of drug-likeness (QED) is 0.456. The van der Waals surface area contributed by atoms with Gasteiger partial charge in [0.15, 0.2) is 5.09 Å². The smallest absolute Gasteiger partial charge is 0.333 e. The Labute approximate surface area is 171 Å². The summed E-state index contributed by atoms with van der Waals surface area (Å²) in [5.41, 5.74) is 1.74. The molecule has 0 spiro atoms. The number of amides is 3. The average molecular weight is 411 g/mol. The number of hydrogen-bond donors (Lipinski definition) is 1. The summed E-state index contributed by atoms with van der Waals surface area (Å²) < 4.78 is 5.77. The molecule has 0 unspecified atom stereocenters. The zero-order chi connectivity index (χ0) is 19.7. The van der Waals surface area contributed by atoms with Gasteiger partial charge in [-0.1, -0.05) is 47.1 Å². The van der Waals surface area contributed by atoms with Gasteiger partial charge >= 0.3 is 6.03 Å². The van der Waals surface area contributed by atoms with Gasteiger partial charge in [0.1, 0.15) is 11.5 Å². The van der Waals surface area contributed by atoms with Crippen molar-refractivity contribution in [3.63, 3.8) is 0 Å². The Hall–Kier alpha value is -2.96. The van der Waals surface area contributed by atoms with Crippen molar-refractivity contribution < 1.29 is 14.0 Å². The number of nitrogens with one attached hydrogen (secondary N) is 1. The molecule has 28 heavy (non-hydrogen) atoms. The second kappa shape index (κ2) is 7.58. The number of urea groups is 1. The number of nitrogens with zero attached hydrogens (tertiary/aromatic N) is 1. The Bertz CT molecular complexity index is 1090. The minimum absolute atomic E-state index is 0.145. The Morgan fingerprint density at radius 2 is 1.86 bits per heavy atom. The van der Waals surface area contributed by atoms with Gasteiger partial charge in [-0.05, 0) is 49.4 Å². The second-order valence-corrected chi connectivity index (χ2v) is 7.69. The molecule has 1 aromatic heterocycles. The van der Waals surface area contributed by atoms with E-state index in [1.807, 2.05) is 37.3 Å². The molecule has 0 bridgehead atoms. The van der Waals surface area contributed by atoms with Crippen molar-refractivity contribution in [2.45, 2.75) is 16.9 Å². The molecule has 0 aliphatic carbocycles. The molecule has 3 amide bonds. The van der Waals surface area contributed by atoms with Crippen molar-refractivity contribution in [3.05, 3.63) is 82.7 Å². The van der Waals surface area contributed by atoms with E-state index in [1.165, 1.54) is 23.4 Å². The fourth-order valence-corrected chi connectivity index (χ4v) is 3.68. The van der Waals surface area contributed by atoms with Gasteiger partial charge in [0.2, 0.25) is 0 Å². The molecule has 0 saturated carbocycles. The van der Waals surface area contributed by atoms with Gasteiger partial charge in [0, 0.05) is 16.0 Å². The summed E-state index contributed by atoms with van der Waals surface area (Å²) in [6.07, 6.45) is 1.52. The molecule has 1 aliphatic rings. The van der Waals surface area contributed by atoms with Gasteiger partial charge in [-0.25, -0.2) is 9.69 Å². The van der Waals surface area contributed by atoms with Crippen LogP contribution in [0.15, 0.2) is 80.8 Å². The van der Waals surface area contributed by atoms with Gasteiger partial charge in [-0.15, -0.1) is 0 Å². The van der Waals surface area contributed by atoms with Gasteiger partial charge < -0.3 is 9.73 Å². The summed E-state index contributed by atoms with van der Waals surface area (Å²) in [5, 5.41) is 3.71. The third kappa shape index (κ3) is 3.83. The standard InChI is InChI=1S/C21H15ClN2O3S/c1-13-5-8-17(9-6-13)28-19-10-7-16(27-19)12-18-20(25)24(21(26)23-18)15-4-2-3-14(22)11-15/h2-12H,1H3,(H,23,26)/b18-12+. The number of rotatable bonds is 4. The first kappa shape index (κ1) is 18.4. The topological polar surface area (TPSA) is 62.6 Å². The van der Waals surface area contributed by atoms with E-state index in [0.717, 1.165) is 9.80 Å². The molecular weight excluding hydrogens is 396 g/mol. The van der Waals surface area contributed by atoms with Gasteiger partial charge in [0.05, 0.1) is 5.69 Å². The number of halogens is 1. The molecule has 1 saturated heterocycles. The zero-order valence-electron chi connectivity index (χ0n) is 14.8. The number of aryl methyl sites for hydroxylation is 1. The minimum atomic E-state index is -0.528. The first-order valence-electron chi connectivity index (χ1n) is 8.47. The lowest BCUT2D eigenvalue weighted by atomic mass is 10.2. The summed E-state index contributed by atoms with van der Waals surface area (Å²) >= 11 is 7.44. The molecule has 3 aromatic rings. The monoisotopic (exact) mass is 410 g/mol. The lowest BCUT2D eigenvalue weighted by molar-refractivity contribution is -0.113. The molecule has 0 atom stereocenters. The maximum absolute atomic E-state index is 12.6. The normalized spacial score (nSPS) is 15.4. The van der Waals surface area contributed by atoms with Crippen LogP contribution in [-0.4, -0.2) is 11.9 Å². The molecule has 0 radical (unpaired) electrons. The molecule has 1 fully saturated rings. The minimum Gasteiger partial charge on any atom is -0.450 e. The van der Waals surface area contributed by atoms with E-state index in [-0.39, 0.29) is 5.70 Å². The van der Waals surface area contributed by atoms with Crippen molar-refractivity contribution in [1.29, 1.82) is 0 Å². The fraction of sp³-hybridized carbons (Fsp3) is 0.0476. The maximum Gasteiger partial charge on any atom is 0.333 e. The van der Waals surface area contributed by atoms with Gasteiger partial charge in [0.25, 0.3) is 5.91 Å². The Morgan fingerprint density at radius 3 is 2.61 bits per heavy atom. The molecule has 1 aliphatic heterocycles. The van der Waals surface area contributed by atoms with Gasteiger partial charge in [-0.2, -0.15) is 0 Å². The van der Waals surface area contributed by atoms with E-state index in [2.05, 4.69) is 5.32 Å². The van der Waals surface area contributed by atoms with E-state index in [1.54, 1.807) is 30.3 Å². The number of hydrogen-bond acceptors (Lipinski definition) is 4. The molecule has 4 rings (SSSR count). The highest BCUT2D eigenvalue weighted by Gasteiger charge is 2.35. The van der Waals surface area contributed by atoms with Gasteiger partial charge in [-0.3, -0.25) is 4.79 Å². The fourth-order valence-electron chi connectivity index (χ4n) is 2.72. The molecule has 1 N–H and O–H groups in total. The van der Waals surface area contributed by atoms with Crippen LogP contribution in [0.5, 0.6) is 0 Å². The predicted molar refractivity (Wildman–Crippen MR) is 109 cm³/mol. The van der Waals surface area contributed by atoms with E-state index in [4.69, 9.17) is 16.0 Å². The average Bonchev–Trinajstić information content (AvgIpc) is 3.21. The Balaban J connectivity index is 1.53. The highest BCUT2D eigenvalue weighted by atomic mass is 35.5. The summed E-state index contributed by atoms with van der Waals surface area (Å²) in [6.45, 7) is 2.03. The number of imide groups is 1. The molecule has 2 aromatic carbocycles. The van der Waals surface area contributed by atoms with Crippen LogP contribution in [0.25, 0.3) is 6.08 Å². The molecule has 5 nitrogen and oxygen atoms in total. The van der Waals surface area contributed by atoms with Crippen LogP contribution in [0.3, 0.4) is 0 Å². The number of anilines is 1. The predicted octanol–water partition coefficient (Wildman–Crippen LogP) is 5.49. The van der Waals surface area contributed by atoms with E-state index < -0.39 is 11.9 Å². The number of carbonyl (C=O) groups excluding carboxylic acids is 2. The van der Waals surface area contributed by atoms with E-state index >= 15 is 0 Å². The molecule has 7 heteroatoms. The first-order chi connectivity index (χ1) is 13.5. The van der Waals surface area contributed by atoms with Crippen LogP contribution in [0.1, 0.15) is 11.3 Å². The van der Waals surface area contributed by atoms with Crippen LogP contribution >= 0.6 is 23.4 Å². The summed E-state index contributed by atoms with van der Waals surface area (Å²) in [7, 11) is 0. The zero-order valence-corrected chi connectivity index (χ0v) is 16.4. The molecule has 2 heterocycles. The SMILES string of the molecule is Cc1ccc(Sc2ccc(/C=C3/NC(=O)N(c4cccc(Cl)c4)C3=O)o2)cc1. The van der Waals surface area contributed by atoms with Crippen LogP contribution < -0.4 is 10.2 Å². The number of furan rings is 1. The van der Waals surface area contributed by atoms with Crippen molar-refractivity contribution in [3.8, 4) is 0 Å². The van der Waals surface area contributed by atoms with Crippen LogP contribution in [0, 0.1) is 6.92 Å². The maximum atomic E-state index is 12.6. The Kier molecular flexibility index (Phi) is 4.98. The largest absolute Gasteiger partial charge is 0.450 e. The Morgan fingerprint density at radius 1 is 1.07 bits per heavy atom. The van der Waals surface area contributed by atoms with Crippen LogP contribution in [0.4, 0.5) is 10.5 Å². The lowest BCUT2D eigenvalue weighted by Gasteiger charge is -2.11. The number of benzene rings is 2. The summed E-state index contributed by atoms with van der Waals surface area (Å²) in [6, 6.07) is 17.7. The van der Waals surface area contributed by atoms with Crippen molar-refractivity contribution in [2.75, 3.05) is 4.90 Å². The second-order valence-electron chi connectivity index (χ2n) is 6.18. The third-order valence-electron chi connectivity index (χ3n) is 4.07. The molecular formula is C21H15ClN2O3S. The first-order valence-corrected chi connectivity index (χ1v) is 9.66. The number of carbonyl (C=O) groups is 2. The molecule has 140 valence electrons. The highest BCUT2D eigenvalue weighted by molar-refractivity contribution is 7.99. The lowest BCUT2D eigenvalue weighted by Crippen LogP contribution is -2.30. The van der Waals surface area contributed by atoms with Crippen molar-refractivity contribution in [1.82, 2.24) is 5.32 Å². The van der Waals surface area contributed by atoms with Crippen molar-refractivity contribution in [2.24, 2.45) is 0 Å². The highest BCUT2D eigenvalue weighted by Crippen LogP contribution is 2.30. The van der Waals surface area contributed by atoms with E-state index in [9.17, 15) is 9.59 Å². The summed E-state index contributed by atoms with van der Waals surface area (Å²) in [5.74, 6) is 0.0163. The van der Waals surface area contributed by atoms with Crippen molar-refractivity contribution >= 4 is 47.1 Å². The van der Waals surface area contributed by atoms with Crippen LogP contribution in [0.2, 0.25) is 5.02 Å². The third-order valence-corrected chi connectivity index (χ3v) is 5.24. The summed E-state index contributed by atoms with van der Waals surface area (Å²) in [4.78, 5) is 27.0. The van der Waals surface area contributed by atoms with E-state index in [0.29, 0.717) is 21.6 Å². The van der Waals surface area contributed by atoms with Crippen LogP contribution in [-0.2, 0) is 4.79 Å².